The maximum atomic E-state index is 13.4. The molecular formula is C24H31N3O6S. The molecule has 0 bridgehead atoms. The molecule has 2 aliphatic rings. The number of hydrogen-bond acceptors (Lipinski definition) is 8. The third-order valence-electron chi connectivity index (χ3n) is 6.23. The minimum absolute atomic E-state index is 0.00933. The summed E-state index contributed by atoms with van der Waals surface area (Å²) in [4.78, 5) is 44.7. The minimum Gasteiger partial charge on any atom is -0.467 e. The van der Waals surface area contributed by atoms with E-state index in [1.165, 1.54) is 23.3 Å². The first-order valence-electron chi connectivity index (χ1n) is 11.5. The van der Waals surface area contributed by atoms with Crippen LogP contribution in [0.5, 0.6) is 5.19 Å². The van der Waals surface area contributed by atoms with Gasteiger partial charge in [0.05, 0.1) is 23.9 Å². The molecule has 1 aliphatic carbocycles. The summed E-state index contributed by atoms with van der Waals surface area (Å²) in [6, 6.07) is 6.87. The topological polar surface area (TPSA) is 107 Å². The molecule has 2 fully saturated rings. The monoisotopic (exact) mass is 489 g/mol. The van der Waals surface area contributed by atoms with Crippen molar-refractivity contribution in [3.8, 4) is 5.19 Å². The van der Waals surface area contributed by atoms with Crippen molar-refractivity contribution < 1.29 is 28.6 Å². The van der Waals surface area contributed by atoms with Crippen molar-refractivity contribution in [3.05, 3.63) is 24.3 Å². The average molecular weight is 490 g/mol. The number of para-hydroxylation sites is 1. The average Bonchev–Trinajstić information content (AvgIpc) is 3.11. The van der Waals surface area contributed by atoms with Gasteiger partial charge >= 0.3 is 12.1 Å². The molecule has 2 heterocycles. The van der Waals surface area contributed by atoms with E-state index in [2.05, 4.69) is 10.3 Å². The summed E-state index contributed by atoms with van der Waals surface area (Å²) in [7, 11) is 1.31. The van der Waals surface area contributed by atoms with Crippen molar-refractivity contribution in [2.45, 2.75) is 70.2 Å². The number of rotatable bonds is 6. The molecule has 1 aromatic carbocycles. The molecule has 4 atom stereocenters. The highest BCUT2D eigenvalue weighted by atomic mass is 32.1. The number of aromatic nitrogens is 1. The Morgan fingerprint density at radius 3 is 2.62 bits per heavy atom. The molecule has 2 amide bonds. The van der Waals surface area contributed by atoms with E-state index in [1.807, 2.05) is 31.2 Å². The van der Waals surface area contributed by atoms with Gasteiger partial charge in [-0.05, 0) is 45.2 Å². The van der Waals surface area contributed by atoms with Crippen molar-refractivity contribution in [2.24, 2.45) is 5.92 Å². The normalized spacial score (nSPS) is 26.3. The molecule has 1 aliphatic heterocycles. The van der Waals surface area contributed by atoms with E-state index in [9.17, 15) is 14.4 Å². The van der Waals surface area contributed by atoms with Gasteiger partial charge in [0.15, 0.2) is 0 Å². The van der Waals surface area contributed by atoms with E-state index in [1.54, 1.807) is 20.8 Å². The zero-order valence-electron chi connectivity index (χ0n) is 20.1. The smallest absolute Gasteiger partial charge is 0.411 e. The highest BCUT2D eigenvalue weighted by molar-refractivity contribution is 7.20. The second kappa shape index (κ2) is 9.05. The van der Waals surface area contributed by atoms with Crippen molar-refractivity contribution in [1.29, 1.82) is 0 Å². The number of nitrogens with zero attached hydrogens (tertiary/aromatic N) is 2. The maximum absolute atomic E-state index is 13.4. The van der Waals surface area contributed by atoms with Crippen LogP contribution < -0.4 is 10.1 Å². The second-order valence-corrected chi connectivity index (χ2v) is 10.8. The Hall–Kier alpha value is -2.88. The van der Waals surface area contributed by atoms with Gasteiger partial charge in [0.1, 0.15) is 23.3 Å². The molecule has 4 rings (SSSR count). The molecule has 4 unspecified atom stereocenters. The van der Waals surface area contributed by atoms with Crippen LogP contribution >= 0.6 is 11.3 Å². The van der Waals surface area contributed by atoms with Crippen LogP contribution in [-0.4, -0.2) is 64.8 Å². The summed E-state index contributed by atoms with van der Waals surface area (Å²) >= 11 is 1.41. The Balaban J connectivity index is 1.53. The molecule has 1 N–H and O–H groups in total. The Kier molecular flexibility index (Phi) is 6.46. The van der Waals surface area contributed by atoms with Crippen molar-refractivity contribution >= 4 is 39.5 Å². The van der Waals surface area contributed by atoms with Crippen LogP contribution in [0.25, 0.3) is 10.2 Å². The number of amides is 2. The lowest BCUT2D eigenvalue weighted by Crippen LogP contribution is -2.53. The molecule has 2 aromatic rings. The Bertz CT molecular complexity index is 1060. The third-order valence-corrected chi connectivity index (χ3v) is 7.16. The predicted octanol–water partition coefficient (Wildman–Crippen LogP) is 3.51. The molecule has 1 saturated carbocycles. The van der Waals surface area contributed by atoms with E-state index in [-0.39, 0.29) is 18.9 Å². The molecule has 0 spiro atoms. The van der Waals surface area contributed by atoms with Crippen LogP contribution in [0.3, 0.4) is 0 Å². The van der Waals surface area contributed by atoms with Crippen LogP contribution in [-0.2, 0) is 19.1 Å². The molecule has 0 radical (unpaired) electrons. The third kappa shape index (κ3) is 4.82. The number of ether oxygens (including phenoxy) is 3. The highest BCUT2D eigenvalue weighted by Gasteiger charge is 2.62. The van der Waals surface area contributed by atoms with Crippen LogP contribution in [0, 0.1) is 5.92 Å². The van der Waals surface area contributed by atoms with Gasteiger partial charge in [-0.25, -0.2) is 14.6 Å². The lowest BCUT2D eigenvalue weighted by molar-refractivity contribution is -0.147. The lowest BCUT2D eigenvalue weighted by Gasteiger charge is -2.28. The van der Waals surface area contributed by atoms with Gasteiger partial charge in [-0.3, -0.25) is 9.69 Å². The van der Waals surface area contributed by atoms with E-state index >= 15 is 0 Å². The summed E-state index contributed by atoms with van der Waals surface area (Å²) in [5.41, 5.74) is -0.925. The summed E-state index contributed by atoms with van der Waals surface area (Å²) < 4.78 is 17.6. The first-order chi connectivity index (χ1) is 16.1. The lowest BCUT2D eigenvalue weighted by atomic mass is 10.1. The van der Waals surface area contributed by atoms with Crippen molar-refractivity contribution in [2.75, 3.05) is 13.7 Å². The SMILES string of the molecule is CCC1CC1(NC(=O)C1CC(Oc2nc3ccccc3s2)CN1C(=O)OC(C)(C)C)C(=O)OC. The first kappa shape index (κ1) is 24.3. The quantitative estimate of drug-likeness (QED) is 0.619. The van der Waals surface area contributed by atoms with Gasteiger partial charge in [0, 0.05) is 6.42 Å². The van der Waals surface area contributed by atoms with E-state index in [0.717, 1.165) is 16.6 Å². The van der Waals surface area contributed by atoms with Crippen LogP contribution in [0.1, 0.15) is 47.0 Å². The minimum atomic E-state index is -1.04. The van der Waals surface area contributed by atoms with Crippen LogP contribution in [0.15, 0.2) is 24.3 Å². The molecule has 1 aromatic heterocycles. The molecule has 184 valence electrons. The number of likely N-dealkylation sites (tertiary alicyclic amines) is 1. The highest BCUT2D eigenvalue weighted by Crippen LogP contribution is 2.47. The number of esters is 1. The van der Waals surface area contributed by atoms with Gasteiger partial charge in [0.25, 0.3) is 5.19 Å². The molecular weight excluding hydrogens is 458 g/mol. The zero-order valence-corrected chi connectivity index (χ0v) is 20.9. The Morgan fingerprint density at radius 2 is 2.00 bits per heavy atom. The predicted molar refractivity (Wildman–Crippen MR) is 127 cm³/mol. The zero-order chi connectivity index (χ0) is 24.7. The summed E-state index contributed by atoms with van der Waals surface area (Å²) in [5.74, 6) is -0.866. The van der Waals surface area contributed by atoms with Gasteiger partial charge in [-0.1, -0.05) is 36.8 Å². The van der Waals surface area contributed by atoms with Gasteiger partial charge < -0.3 is 19.5 Å². The fourth-order valence-corrected chi connectivity index (χ4v) is 5.34. The number of hydrogen-bond donors (Lipinski definition) is 1. The summed E-state index contributed by atoms with van der Waals surface area (Å²) in [6.45, 7) is 7.45. The summed E-state index contributed by atoms with van der Waals surface area (Å²) in [5, 5.41) is 3.37. The van der Waals surface area contributed by atoms with Gasteiger partial charge in [-0.15, -0.1) is 0 Å². The van der Waals surface area contributed by atoms with Crippen molar-refractivity contribution in [1.82, 2.24) is 15.2 Å². The number of carbonyl (C=O) groups excluding carboxylic acids is 3. The number of thiazole rings is 1. The number of fused-ring (bicyclic) bond motifs is 1. The number of methoxy groups -OCH3 is 1. The van der Waals surface area contributed by atoms with Crippen molar-refractivity contribution in [3.63, 3.8) is 0 Å². The van der Waals surface area contributed by atoms with Crippen LogP contribution in [0.4, 0.5) is 4.79 Å². The van der Waals surface area contributed by atoms with Crippen LogP contribution in [0.2, 0.25) is 0 Å². The van der Waals surface area contributed by atoms with Gasteiger partial charge in [-0.2, -0.15) is 0 Å². The molecule has 10 heteroatoms. The fourth-order valence-electron chi connectivity index (χ4n) is 4.46. The van der Waals surface area contributed by atoms with Gasteiger partial charge in [0.2, 0.25) is 5.91 Å². The Labute approximate surface area is 202 Å². The van der Waals surface area contributed by atoms with E-state index < -0.39 is 41.3 Å². The second-order valence-electron chi connectivity index (χ2n) is 9.83. The maximum Gasteiger partial charge on any atom is 0.411 e. The van der Waals surface area contributed by atoms with E-state index in [4.69, 9.17) is 14.2 Å². The standard InChI is InChI=1S/C24H31N3O6S/c1-6-14-12-24(14,20(29)31-5)26-19(28)17-11-15(13-27(17)22(30)33-23(2,3)4)32-21-25-16-9-7-8-10-18(16)34-21/h7-10,14-15,17H,6,11-13H2,1-5H3,(H,26,28). The Morgan fingerprint density at radius 1 is 1.26 bits per heavy atom. The molecule has 34 heavy (non-hydrogen) atoms. The number of nitrogens with one attached hydrogen (secondary N) is 1. The first-order valence-corrected chi connectivity index (χ1v) is 12.3. The number of carbonyl (C=O) groups is 3. The number of benzene rings is 1. The largest absolute Gasteiger partial charge is 0.467 e. The summed E-state index contributed by atoms with van der Waals surface area (Å²) in [6.07, 6.45) is 0.470. The fraction of sp³-hybridized carbons (Fsp3) is 0.583. The van der Waals surface area contributed by atoms with E-state index in [0.29, 0.717) is 11.6 Å². The molecule has 9 nitrogen and oxygen atoms in total. The molecule has 1 saturated heterocycles.